The molecule has 15 aromatic rings. The number of hydrogen-bond donors (Lipinski definition) is 0. The van der Waals surface area contributed by atoms with Gasteiger partial charge in [-0.1, -0.05) is 176 Å². The van der Waals surface area contributed by atoms with Crippen molar-refractivity contribution in [2.24, 2.45) is 0 Å². The minimum Gasteiger partial charge on any atom is -0.456 e. The predicted octanol–water partition coefficient (Wildman–Crippen LogP) is 19.6. The zero-order valence-corrected chi connectivity index (χ0v) is 37.6. The lowest BCUT2D eigenvalue weighted by molar-refractivity contribution is 0.669. The van der Waals surface area contributed by atoms with Gasteiger partial charge in [-0.05, 0) is 130 Å². The van der Waals surface area contributed by atoms with Crippen molar-refractivity contribution < 1.29 is 4.42 Å². The fourth-order valence-electron chi connectivity index (χ4n) is 11.4. The minimum atomic E-state index is 0.884. The summed E-state index contributed by atoms with van der Waals surface area (Å²) in [4.78, 5) is 0. The number of rotatable bonds is 4. The van der Waals surface area contributed by atoms with Crippen LogP contribution in [-0.4, -0.2) is 0 Å². The summed E-state index contributed by atoms with van der Waals surface area (Å²) in [5, 5.41) is 17.4. The topological polar surface area (TPSA) is 13.1 Å². The molecule has 0 unspecified atom stereocenters. The second-order valence-corrected chi connectivity index (χ2v) is 20.0. The van der Waals surface area contributed by atoms with Crippen molar-refractivity contribution in [1.29, 1.82) is 0 Å². The van der Waals surface area contributed by atoms with Gasteiger partial charge in [-0.3, -0.25) is 0 Å². The molecule has 310 valence electrons. The molecule has 67 heavy (non-hydrogen) atoms. The Kier molecular flexibility index (Phi) is 7.88. The van der Waals surface area contributed by atoms with Crippen LogP contribution in [0.5, 0.6) is 0 Å². The maximum atomic E-state index is 6.95. The molecule has 0 saturated heterocycles. The Morgan fingerprint density at radius 1 is 0.239 bits per heavy atom. The fraction of sp³-hybridized carbons (Fsp3) is 0. The SMILES string of the molecule is c1cc(-c2c3ccccc3c(-c3ccc4c(c3)sc3ccccc34)c3ccccc23)c2c(c1)oc1cc(-c3c4ccccc4c(-c4ccc5c(c4)sc4ccccc45)c4ccccc34)ccc12. The summed E-state index contributed by atoms with van der Waals surface area (Å²) in [6.07, 6.45) is 0. The van der Waals surface area contributed by atoms with Gasteiger partial charge in [0.1, 0.15) is 11.2 Å². The molecule has 3 heterocycles. The smallest absolute Gasteiger partial charge is 0.136 e. The van der Waals surface area contributed by atoms with Crippen LogP contribution in [0, 0.1) is 0 Å². The Labute approximate surface area is 393 Å². The Balaban J connectivity index is 0.928. The van der Waals surface area contributed by atoms with Gasteiger partial charge < -0.3 is 4.42 Å². The van der Waals surface area contributed by atoms with Crippen LogP contribution in [0.25, 0.3) is 150 Å². The highest BCUT2D eigenvalue weighted by atomic mass is 32.1. The maximum Gasteiger partial charge on any atom is 0.136 e. The quantitative estimate of drug-likeness (QED) is 0.161. The Morgan fingerprint density at radius 3 is 1.04 bits per heavy atom. The van der Waals surface area contributed by atoms with E-state index in [4.69, 9.17) is 4.42 Å². The second-order valence-electron chi connectivity index (χ2n) is 17.8. The van der Waals surface area contributed by atoms with Crippen LogP contribution in [-0.2, 0) is 0 Å². The lowest BCUT2D eigenvalue weighted by atomic mass is 9.84. The van der Waals surface area contributed by atoms with Crippen molar-refractivity contribution in [2.45, 2.75) is 0 Å². The summed E-state index contributed by atoms with van der Waals surface area (Å²) in [7, 11) is 0. The maximum absolute atomic E-state index is 6.95. The van der Waals surface area contributed by atoms with Gasteiger partial charge in [0.15, 0.2) is 0 Å². The van der Waals surface area contributed by atoms with E-state index >= 15 is 0 Å². The van der Waals surface area contributed by atoms with Crippen molar-refractivity contribution in [3.05, 3.63) is 218 Å². The van der Waals surface area contributed by atoms with E-state index < -0.39 is 0 Å². The van der Waals surface area contributed by atoms with E-state index in [1.807, 2.05) is 22.7 Å². The summed E-state index contributed by atoms with van der Waals surface area (Å²) in [6.45, 7) is 0. The number of hydrogen-bond acceptors (Lipinski definition) is 3. The zero-order valence-electron chi connectivity index (χ0n) is 36.0. The van der Waals surface area contributed by atoms with Crippen LogP contribution in [0.4, 0.5) is 0 Å². The molecule has 0 saturated carbocycles. The van der Waals surface area contributed by atoms with E-state index in [2.05, 4.69) is 218 Å². The highest BCUT2D eigenvalue weighted by molar-refractivity contribution is 7.26. The first kappa shape index (κ1) is 37.2. The predicted molar refractivity (Wildman–Crippen MR) is 291 cm³/mol. The van der Waals surface area contributed by atoms with Crippen molar-refractivity contribution in [3.8, 4) is 44.5 Å². The lowest BCUT2D eigenvalue weighted by Gasteiger charge is -2.18. The van der Waals surface area contributed by atoms with Crippen molar-refractivity contribution in [1.82, 2.24) is 0 Å². The first-order valence-electron chi connectivity index (χ1n) is 22.9. The van der Waals surface area contributed by atoms with Crippen molar-refractivity contribution in [3.63, 3.8) is 0 Å². The van der Waals surface area contributed by atoms with E-state index in [0.717, 1.165) is 27.5 Å². The molecule has 0 aliphatic rings. The molecule has 0 aliphatic heterocycles. The molecule has 3 aromatic heterocycles. The highest BCUT2D eigenvalue weighted by Crippen LogP contribution is 2.50. The van der Waals surface area contributed by atoms with Crippen LogP contribution in [0.1, 0.15) is 0 Å². The van der Waals surface area contributed by atoms with Crippen molar-refractivity contribution >= 4 is 128 Å². The Bertz CT molecular complexity index is 4470. The molecule has 0 aliphatic carbocycles. The van der Waals surface area contributed by atoms with Crippen LogP contribution in [0.15, 0.2) is 223 Å². The van der Waals surface area contributed by atoms with E-state index in [1.54, 1.807) is 0 Å². The molecule has 0 N–H and O–H groups in total. The molecule has 1 nitrogen and oxygen atoms in total. The van der Waals surface area contributed by atoms with Gasteiger partial charge in [0, 0.05) is 51.1 Å². The van der Waals surface area contributed by atoms with Gasteiger partial charge in [0.05, 0.1) is 0 Å². The minimum absolute atomic E-state index is 0.884. The molecule has 12 aromatic carbocycles. The first-order chi connectivity index (χ1) is 33.2. The molecular formula is C64H36OS2. The van der Waals surface area contributed by atoms with Crippen molar-refractivity contribution in [2.75, 3.05) is 0 Å². The Morgan fingerprint density at radius 2 is 0.597 bits per heavy atom. The largest absolute Gasteiger partial charge is 0.456 e. The van der Waals surface area contributed by atoms with Gasteiger partial charge in [0.2, 0.25) is 0 Å². The number of benzene rings is 12. The summed E-state index contributed by atoms with van der Waals surface area (Å²) in [6, 6.07) is 80.9. The highest BCUT2D eigenvalue weighted by Gasteiger charge is 2.23. The fourth-order valence-corrected chi connectivity index (χ4v) is 13.7. The monoisotopic (exact) mass is 884 g/mol. The third kappa shape index (κ3) is 5.41. The molecule has 0 bridgehead atoms. The lowest BCUT2D eigenvalue weighted by Crippen LogP contribution is -1.91. The zero-order chi connectivity index (χ0) is 43.7. The summed E-state index contributed by atoms with van der Waals surface area (Å²) >= 11 is 3.75. The molecule has 3 heteroatoms. The van der Waals surface area contributed by atoms with Gasteiger partial charge in [-0.25, -0.2) is 0 Å². The molecule has 0 amide bonds. The second kappa shape index (κ2) is 14.2. The summed E-state index contributed by atoms with van der Waals surface area (Å²) < 4.78 is 12.2. The van der Waals surface area contributed by atoms with Gasteiger partial charge >= 0.3 is 0 Å². The third-order valence-electron chi connectivity index (χ3n) is 14.3. The third-order valence-corrected chi connectivity index (χ3v) is 16.5. The van der Waals surface area contributed by atoms with E-state index in [1.165, 1.54) is 122 Å². The van der Waals surface area contributed by atoms with E-state index in [-0.39, 0.29) is 0 Å². The van der Waals surface area contributed by atoms with E-state index in [9.17, 15) is 0 Å². The van der Waals surface area contributed by atoms with Crippen LogP contribution >= 0.6 is 22.7 Å². The molecule has 0 atom stereocenters. The standard InChI is InChI=1S/C64H36OS2/c1-3-18-46-44(16-1)60(45-17-2-4-19-47(45)61(46)38-28-31-42-40-14-9-11-26-56(40)66-58(42)35-38)37-30-33-52-55(34-37)65-54-25-13-24-53(64(52)54)63-50-22-7-5-20-48(50)62(49-21-6-8-23-51(49)63)39-29-32-43-41-15-10-12-27-57(41)67-59(43)36-39/h1-36H. The Hall–Kier alpha value is -8.08. The van der Waals surface area contributed by atoms with Gasteiger partial charge in [0.25, 0.3) is 0 Å². The average molecular weight is 885 g/mol. The van der Waals surface area contributed by atoms with E-state index in [0.29, 0.717) is 0 Å². The van der Waals surface area contributed by atoms with Crippen LogP contribution < -0.4 is 0 Å². The number of furan rings is 1. The first-order valence-corrected chi connectivity index (χ1v) is 24.5. The molecule has 0 spiro atoms. The van der Waals surface area contributed by atoms with Gasteiger partial charge in [-0.2, -0.15) is 0 Å². The number of fused-ring (bicyclic) bond motifs is 13. The molecule has 15 rings (SSSR count). The number of thiophene rings is 2. The summed E-state index contributed by atoms with van der Waals surface area (Å²) in [5.74, 6) is 0. The summed E-state index contributed by atoms with van der Waals surface area (Å²) in [5.41, 5.74) is 11.6. The normalized spacial score (nSPS) is 12.2. The molecule has 0 fully saturated rings. The molecular weight excluding hydrogens is 849 g/mol. The molecule has 0 radical (unpaired) electrons. The average Bonchev–Trinajstić information content (AvgIpc) is 4.07. The van der Waals surface area contributed by atoms with Crippen LogP contribution in [0.2, 0.25) is 0 Å². The van der Waals surface area contributed by atoms with Crippen LogP contribution in [0.3, 0.4) is 0 Å². The van der Waals surface area contributed by atoms with Gasteiger partial charge in [-0.15, -0.1) is 22.7 Å².